The number of hydrogen-bond donors (Lipinski definition) is 2. The number of carbonyl (C=O) groups is 1. The topological polar surface area (TPSA) is 41.1 Å². The molecular weight excluding hydrogens is 292 g/mol. The number of rotatable bonds is 6. The molecule has 2 unspecified atom stereocenters. The second-order valence-corrected chi connectivity index (χ2v) is 5.53. The third-order valence-corrected chi connectivity index (χ3v) is 3.68. The van der Waals surface area contributed by atoms with Crippen LogP contribution in [0.4, 0.5) is 5.69 Å². The predicted octanol–water partition coefficient (Wildman–Crippen LogP) is 3.41. The molecule has 18 heavy (non-hydrogen) atoms. The van der Waals surface area contributed by atoms with Gasteiger partial charge in [-0.05, 0) is 31.0 Å². The smallest absolute Gasteiger partial charge is 0.238 e. The van der Waals surface area contributed by atoms with Crippen molar-refractivity contribution < 1.29 is 4.79 Å². The highest BCUT2D eigenvalue weighted by atomic mass is 79.9. The highest BCUT2D eigenvalue weighted by Crippen LogP contribution is 2.15. The number of anilines is 1. The monoisotopic (exact) mass is 312 g/mol. The summed E-state index contributed by atoms with van der Waals surface area (Å²) in [5.74, 6) is 0.562. The van der Waals surface area contributed by atoms with Crippen molar-refractivity contribution in [1.29, 1.82) is 0 Å². The predicted molar refractivity (Wildman–Crippen MR) is 79.7 cm³/mol. The van der Waals surface area contributed by atoms with Crippen molar-refractivity contribution >= 4 is 27.5 Å². The number of halogens is 1. The minimum atomic E-state index is -0.0109. The van der Waals surface area contributed by atoms with Gasteiger partial charge in [-0.3, -0.25) is 4.79 Å². The first-order valence-corrected chi connectivity index (χ1v) is 7.11. The van der Waals surface area contributed by atoms with Crippen molar-refractivity contribution in [3.05, 3.63) is 28.7 Å². The van der Waals surface area contributed by atoms with E-state index < -0.39 is 0 Å². The second-order valence-electron chi connectivity index (χ2n) is 4.61. The Hall–Kier alpha value is -0.870. The fraction of sp³-hybridized carbons (Fsp3) is 0.500. The van der Waals surface area contributed by atoms with Gasteiger partial charge in [0.2, 0.25) is 5.91 Å². The lowest BCUT2D eigenvalue weighted by molar-refractivity contribution is -0.115. The molecule has 0 bridgehead atoms. The van der Waals surface area contributed by atoms with Crippen LogP contribution in [0.3, 0.4) is 0 Å². The molecule has 0 aliphatic rings. The molecule has 4 heteroatoms. The molecule has 1 aromatic rings. The zero-order chi connectivity index (χ0) is 13.5. The van der Waals surface area contributed by atoms with Gasteiger partial charge in [-0.25, -0.2) is 0 Å². The molecular formula is C14H21BrN2O. The highest BCUT2D eigenvalue weighted by molar-refractivity contribution is 9.10. The van der Waals surface area contributed by atoms with Crippen LogP contribution in [-0.2, 0) is 4.79 Å². The summed E-state index contributed by atoms with van der Waals surface area (Å²) in [4.78, 5) is 11.8. The summed E-state index contributed by atoms with van der Waals surface area (Å²) >= 11 is 3.38. The van der Waals surface area contributed by atoms with Crippen LogP contribution in [-0.4, -0.2) is 18.5 Å². The van der Waals surface area contributed by atoms with Crippen molar-refractivity contribution in [2.75, 3.05) is 11.9 Å². The van der Waals surface area contributed by atoms with Crippen molar-refractivity contribution in [1.82, 2.24) is 5.32 Å². The van der Waals surface area contributed by atoms with Gasteiger partial charge in [-0.2, -0.15) is 0 Å². The molecule has 0 aliphatic carbocycles. The van der Waals surface area contributed by atoms with E-state index in [1.807, 2.05) is 24.3 Å². The van der Waals surface area contributed by atoms with Crippen molar-refractivity contribution in [2.24, 2.45) is 5.92 Å². The van der Waals surface area contributed by atoms with Crippen molar-refractivity contribution in [3.63, 3.8) is 0 Å². The number of nitrogens with one attached hydrogen (secondary N) is 2. The van der Waals surface area contributed by atoms with E-state index in [2.05, 4.69) is 47.3 Å². The molecule has 0 saturated heterocycles. The normalized spacial score (nSPS) is 14.0. The van der Waals surface area contributed by atoms with Gasteiger partial charge in [-0.1, -0.05) is 42.3 Å². The van der Waals surface area contributed by atoms with E-state index in [0.717, 1.165) is 16.6 Å². The summed E-state index contributed by atoms with van der Waals surface area (Å²) in [7, 11) is 0. The van der Waals surface area contributed by atoms with Gasteiger partial charge in [0.05, 0.1) is 6.54 Å². The molecule has 0 aromatic heterocycles. The zero-order valence-corrected chi connectivity index (χ0v) is 12.8. The summed E-state index contributed by atoms with van der Waals surface area (Å²) in [6, 6.07) is 7.94. The van der Waals surface area contributed by atoms with Crippen LogP contribution in [0.25, 0.3) is 0 Å². The summed E-state index contributed by atoms with van der Waals surface area (Å²) in [5.41, 5.74) is 0.812. The van der Waals surface area contributed by atoms with Gasteiger partial charge in [0, 0.05) is 16.2 Å². The van der Waals surface area contributed by atoms with E-state index in [-0.39, 0.29) is 5.91 Å². The van der Waals surface area contributed by atoms with Gasteiger partial charge < -0.3 is 10.6 Å². The van der Waals surface area contributed by atoms with Gasteiger partial charge in [0.15, 0.2) is 0 Å². The molecule has 0 heterocycles. The molecule has 1 amide bonds. The molecule has 100 valence electrons. The van der Waals surface area contributed by atoms with E-state index in [4.69, 9.17) is 0 Å². The van der Waals surface area contributed by atoms with E-state index in [9.17, 15) is 4.79 Å². The summed E-state index contributed by atoms with van der Waals surface area (Å²) < 4.78 is 0.959. The third-order valence-electron chi connectivity index (χ3n) is 3.19. The Morgan fingerprint density at radius 1 is 1.39 bits per heavy atom. The lowest BCUT2D eigenvalue weighted by Gasteiger charge is -2.19. The van der Waals surface area contributed by atoms with Crippen molar-refractivity contribution in [2.45, 2.75) is 33.2 Å². The minimum absolute atomic E-state index is 0.0109. The zero-order valence-electron chi connectivity index (χ0n) is 11.2. The average molecular weight is 313 g/mol. The molecule has 3 nitrogen and oxygen atoms in total. The van der Waals surface area contributed by atoms with Crippen molar-refractivity contribution in [3.8, 4) is 0 Å². The average Bonchev–Trinajstić information content (AvgIpc) is 2.35. The second kappa shape index (κ2) is 7.54. The first-order valence-electron chi connectivity index (χ1n) is 6.31. The fourth-order valence-electron chi connectivity index (χ4n) is 1.58. The van der Waals surface area contributed by atoms with Crippen LogP contribution >= 0.6 is 15.9 Å². The Morgan fingerprint density at radius 3 is 2.72 bits per heavy atom. The Balaban J connectivity index is 2.38. The fourth-order valence-corrected chi connectivity index (χ4v) is 1.98. The van der Waals surface area contributed by atoms with Gasteiger partial charge in [-0.15, -0.1) is 0 Å². The number of amides is 1. The van der Waals surface area contributed by atoms with E-state index in [1.165, 1.54) is 0 Å². The molecule has 0 aliphatic heterocycles. The molecule has 2 N–H and O–H groups in total. The van der Waals surface area contributed by atoms with E-state index in [1.54, 1.807) is 0 Å². The van der Waals surface area contributed by atoms with Crippen LogP contribution in [0, 0.1) is 5.92 Å². The maximum absolute atomic E-state index is 11.8. The molecule has 1 aromatic carbocycles. The quantitative estimate of drug-likeness (QED) is 0.845. The minimum Gasteiger partial charge on any atom is -0.325 e. The lowest BCUT2D eigenvalue weighted by atomic mass is 10.0. The first kappa shape index (κ1) is 15.2. The number of carbonyl (C=O) groups excluding carboxylic acids is 1. The highest BCUT2D eigenvalue weighted by Gasteiger charge is 2.11. The Kier molecular flexibility index (Phi) is 6.36. The Morgan fingerprint density at radius 2 is 2.11 bits per heavy atom. The molecule has 2 atom stereocenters. The Labute approximate surface area is 117 Å². The molecule has 1 rings (SSSR count). The van der Waals surface area contributed by atoms with Gasteiger partial charge in [0.1, 0.15) is 0 Å². The maximum atomic E-state index is 11.8. The van der Waals surface area contributed by atoms with Gasteiger partial charge >= 0.3 is 0 Å². The molecule has 0 saturated carbocycles. The maximum Gasteiger partial charge on any atom is 0.238 e. The van der Waals surface area contributed by atoms with Crippen LogP contribution in [0.2, 0.25) is 0 Å². The largest absolute Gasteiger partial charge is 0.325 e. The summed E-state index contributed by atoms with van der Waals surface area (Å²) in [6.07, 6.45) is 1.11. The van der Waals surface area contributed by atoms with Crippen LogP contribution < -0.4 is 10.6 Å². The Bertz CT molecular complexity index is 395. The summed E-state index contributed by atoms with van der Waals surface area (Å²) in [6.45, 7) is 6.80. The van der Waals surface area contributed by atoms with E-state index in [0.29, 0.717) is 18.5 Å². The molecule has 0 fully saturated rings. The molecule has 0 radical (unpaired) electrons. The van der Waals surface area contributed by atoms with Crippen LogP contribution in [0.5, 0.6) is 0 Å². The lowest BCUT2D eigenvalue weighted by Crippen LogP contribution is -2.37. The van der Waals surface area contributed by atoms with Crippen LogP contribution in [0.15, 0.2) is 28.7 Å². The van der Waals surface area contributed by atoms with Crippen LogP contribution in [0.1, 0.15) is 27.2 Å². The number of benzene rings is 1. The SMILES string of the molecule is CCC(C)C(C)NCC(=O)Nc1cccc(Br)c1. The molecule has 0 spiro atoms. The number of hydrogen-bond acceptors (Lipinski definition) is 2. The summed E-state index contributed by atoms with van der Waals surface area (Å²) in [5, 5.41) is 6.11. The standard InChI is InChI=1S/C14H21BrN2O/c1-4-10(2)11(3)16-9-14(18)17-13-7-5-6-12(15)8-13/h5-8,10-11,16H,4,9H2,1-3H3,(H,17,18). The third kappa shape index (κ3) is 5.19. The van der Waals surface area contributed by atoms with E-state index >= 15 is 0 Å². The first-order chi connectivity index (χ1) is 8.52. The van der Waals surface area contributed by atoms with Gasteiger partial charge in [0.25, 0.3) is 0 Å².